The van der Waals surface area contributed by atoms with E-state index in [4.69, 9.17) is 0 Å². The summed E-state index contributed by atoms with van der Waals surface area (Å²) in [6.07, 6.45) is 0.556. The highest BCUT2D eigenvalue weighted by Crippen LogP contribution is 2.16. The molecule has 1 fully saturated rings. The Hall–Kier alpha value is -0.620. The Kier molecular flexibility index (Phi) is 4.19. The summed E-state index contributed by atoms with van der Waals surface area (Å²) >= 11 is 0. The Morgan fingerprint density at radius 2 is 2.00 bits per heavy atom. The molecule has 1 amide bonds. The lowest BCUT2D eigenvalue weighted by Crippen LogP contribution is -2.47. The number of nitrogens with one attached hydrogen (secondary N) is 1. The molecule has 0 aliphatic carbocycles. The van der Waals surface area contributed by atoms with E-state index >= 15 is 0 Å². The maximum absolute atomic E-state index is 11.9. The number of nitrogens with zero attached hydrogens (tertiary/aromatic N) is 1. The molecule has 100 valence electrons. The maximum Gasteiger partial charge on any atom is 0.236 e. The Morgan fingerprint density at radius 1 is 1.41 bits per heavy atom. The van der Waals surface area contributed by atoms with Gasteiger partial charge in [0.05, 0.1) is 18.1 Å². The van der Waals surface area contributed by atoms with Gasteiger partial charge in [-0.25, -0.2) is 8.42 Å². The number of sulfone groups is 1. The van der Waals surface area contributed by atoms with E-state index in [9.17, 15) is 13.2 Å². The second kappa shape index (κ2) is 4.94. The Bertz CT molecular complexity index is 384. The number of hydrogen-bond acceptors (Lipinski definition) is 4. The quantitative estimate of drug-likeness (QED) is 0.778. The van der Waals surface area contributed by atoms with Crippen LogP contribution in [0.15, 0.2) is 0 Å². The van der Waals surface area contributed by atoms with Crippen LogP contribution in [0.5, 0.6) is 0 Å². The first-order valence-electron chi connectivity index (χ1n) is 5.82. The number of hydrogen-bond donors (Lipinski definition) is 1. The van der Waals surface area contributed by atoms with Gasteiger partial charge < -0.3 is 10.2 Å². The normalized spacial score (nSPS) is 23.6. The van der Waals surface area contributed by atoms with Crippen LogP contribution < -0.4 is 5.32 Å². The fourth-order valence-electron chi connectivity index (χ4n) is 1.75. The van der Waals surface area contributed by atoms with Crippen molar-refractivity contribution in [2.24, 2.45) is 0 Å². The molecule has 0 spiro atoms. The summed E-state index contributed by atoms with van der Waals surface area (Å²) in [4.78, 5) is 13.4. The molecule has 1 atom stereocenters. The first-order valence-corrected chi connectivity index (χ1v) is 7.64. The van der Waals surface area contributed by atoms with Gasteiger partial charge in [-0.05, 0) is 27.2 Å². The van der Waals surface area contributed by atoms with Gasteiger partial charge in [0.15, 0.2) is 9.84 Å². The fourth-order valence-corrected chi connectivity index (χ4v) is 3.52. The number of carbonyl (C=O) groups is 1. The summed E-state index contributed by atoms with van der Waals surface area (Å²) in [5, 5.41) is 3.11. The SMILES string of the molecule is CN(C(=O)CNC(C)(C)C)C1CCS(=O)(=O)C1. The van der Waals surface area contributed by atoms with Crippen LogP contribution in [0.3, 0.4) is 0 Å². The van der Waals surface area contributed by atoms with E-state index < -0.39 is 9.84 Å². The third kappa shape index (κ3) is 4.63. The average molecular weight is 262 g/mol. The van der Waals surface area contributed by atoms with Crippen molar-refractivity contribution >= 4 is 15.7 Å². The van der Waals surface area contributed by atoms with Crippen molar-refractivity contribution in [3.63, 3.8) is 0 Å². The summed E-state index contributed by atoms with van der Waals surface area (Å²) in [6.45, 7) is 6.21. The predicted octanol–water partition coefficient (Wildman–Crippen LogP) is 0.0200. The van der Waals surface area contributed by atoms with Gasteiger partial charge in [0.25, 0.3) is 0 Å². The fraction of sp³-hybridized carbons (Fsp3) is 0.909. The molecule has 1 N–H and O–H groups in total. The standard InChI is InChI=1S/C11H22N2O3S/c1-11(2,3)12-7-10(14)13(4)9-5-6-17(15,16)8-9/h9,12H,5-8H2,1-4H3. The number of likely N-dealkylation sites (N-methyl/N-ethyl adjacent to an activating group) is 1. The molecule has 5 nitrogen and oxygen atoms in total. The van der Waals surface area contributed by atoms with Crippen LogP contribution in [0.25, 0.3) is 0 Å². The zero-order valence-corrected chi connectivity index (χ0v) is 11.8. The summed E-state index contributed by atoms with van der Waals surface area (Å²) in [6, 6.07) is -0.158. The van der Waals surface area contributed by atoms with E-state index in [-0.39, 0.29) is 35.5 Å². The molecule has 1 heterocycles. The molecule has 1 unspecified atom stereocenters. The second-order valence-corrected chi connectivity index (χ2v) is 7.89. The van der Waals surface area contributed by atoms with Gasteiger partial charge in [-0.2, -0.15) is 0 Å². The molecule has 0 aromatic heterocycles. The summed E-state index contributed by atoms with van der Waals surface area (Å²) < 4.78 is 22.7. The molecule has 1 rings (SSSR count). The van der Waals surface area contributed by atoms with Crippen LogP contribution in [0, 0.1) is 0 Å². The first-order chi connectivity index (χ1) is 7.61. The molecule has 0 aromatic carbocycles. The molecule has 0 radical (unpaired) electrons. The summed E-state index contributed by atoms with van der Waals surface area (Å²) in [7, 11) is -1.25. The van der Waals surface area contributed by atoms with Gasteiger partial charge in [0, 0.05) is 18.6 Å². The van der Waals surface area contributed by atoms with Gasteiger partial charge >= 0.3 is 0 Å². The average Bonchev–Trinajstić information content (AvgIpc) is 2.53. The minimum Gasteiger partial charge on any atom is -0.341 e. The number of rotatable bonds is 3. The summed E-state index contributed by atoms with van der Waals surface area (Å²) in [5.74, 6) is 0.245. The van der Waals surface area contributed by atoms with Crippen LogP contribution in [0.1, 0.15) is 27.2 Å². The van der Waals surface area contributed by atoms with Gasteiger partial charge in [0.2, 0.25) is 5.91 Å². The molecule has 0 saturated carbocycles. The van der Waals surface area contributed by atoms with Gasteiger partial charge in [-0.15, -0.1) is 0 Å². The largest absolute Gasteiger partial charge is 0.341 e. The zero-order valence-electron chi connectivity index (χ0n) is 11.0. The predicted molar refractivity (Wildman–Crippen MR) is 67.6 cm³/mol. The van der Waals surface area contributed by atoms with E-state index in [1.807, 2.05) is 20.8 Å². The van der Waals surface area contributed by atoms with Crippen molar-refractivity contribution in [2.45, 2.75) is 38.8 Å². The second-order valence-electron chi connectivity index (χ2n) is 5.67. The Balaban J connectivity index is 2.48. The monoisotopic (exact) mass is 262 g/mol. The first kappa shape index (κ1) is 14.4. The minimum absolute atomic E-state index is 0.0537. The van der Waals surface area contributed by atoms with Crippen molar-refractivity contribution in [3.05, 3.63) is 0 Å². The third-order valence-electron chi connectivity index (χ3n) is 2.92. The summed E-state index contributed by atoms with van der Waals surface area (Å²) in [5.41, 5.74) is -0.113. The van der Waals surface area contributed by atoms with Gasteiger partial charge in [-0.3, -0.25) is 4.79 Å². The van der Waals surface area contributed by atoms with Gasteiger partial charge in [-0.1, -0.05) is 0 Å². The van der Waals surface area contributed by atoms with Crippen LogP contribution >= 0.6 is 0 Å². The van der Waals surface area contributed by atoms with Crippen LogP contribution in [0.2, 0.25) is 0 Å². The lowest BCUT2D eigenvalue weighted by atomic mass is 10.1. The van der Waals surface area contributed by atoms with Crippen LogP contribution in [0.4, 0.5) is 0 Å². The van der Waals surface area contributed by atoms with Crippen molar-refractivity contribution in [1.29, 1.82) is 0 Å². The third-order valence-corrected chi connectivity index (χ3v) is 4.67. The number of amides is 1. The molecule has 6 heteroatoms. The van der Waals surface area contributed by atoms with E-state index in [0.29, 0.717) is 6.42 Å². The number of carbonyl (C=O) groups excluding carboxylic acids is 1. The van der Waals surface area contributed by atoms with Crippen LogP contribution in [-0.2, 0) is 14.6 Å². The molecule has 1 aliphatic rings. The van der Waals surface area contributed by atoms with Crippen molar-refractivity contribution in [2.75, 3.05) is 25.1 Å². The Morgan fingerprint density at radius 3 is 2.41 bits per heavy atom. The maximum atomic E-state index is 11.9. The molecular weight excluding hydrogens is 240 g/mol. The van der Waals surface area contributed by atoms with E-state index in [1.54, 1.807) is 11.9 Å². The lowest BCUT2D eigenvalue weighted by molar-refractivity contribution is -0.130. The molecule has 17 heavy (non-hydrogen) atoms. The van der Waals surface area contributed by atoms with E-state index in [1.165, 1.54) is 0 Å². The van der Waals surface area contributed by atoms with E-state index in [2.05, 4.69) is 5.32 Å². The lowest BCUT2D eigenvalue weighted by Gasteiger charge is -2.26. The molecule has 0 aromatic rings. The van der Waals surface area contributed by atoms with Crippen molar-refractivity contribution < 1.29 is 13.2 Å². The topological polar surface area (TPSA) is 66.5 Å². The highest BCUT2D eigenvalue weighted by molar-refractivity contribution is 7.91. The molecule has 1 saturated heterocycles. The highest BCUT2D eigenvalue weighted by Gasteiger charge is 2.32. The molecule has 1 aliphatic heterocycles. The minimum atomic E-state index is -2.93. The van der Waals surface area contributed by atoms with E-state index in [0.717, 1.165) is 0 Å². The van der Waals surface area contributed by atoms with Gasteiger partial charge in [0.1, 0.15) is 0 Å². The smallest absolute Gasteiger partial charge is 0.236 e. The Labute approximate surface area is 103 Å². The van der Waals surface area contributed by atoms with Crippen molar-refractivity contribution in [1.82, 2.24) is 10.2 Å². The zero-order chi connectivity index (χ0) is 13.3. The molecular formula is C11H22N2O3S. The van der Waals surface area contributed by atoms with Crippen LogP contribution in [-0.4, -0.2) is 55.9 Å². The highest BCUT2D eigenvalue weighted by atomic mass is 32.2. The molecule has 0 bridgehead atoms. The van der Waals surface area contributed by atoms with Crippen molar-refractivity contribution in [3.8, 4) is 0 Å².